The van der Waals surface area contributed by atoms with Gasteiger partial charge in [-0.3, -0.25) is 4.79 Å². The number of thioether (sulfide) groups is 1. The molecular weight excluding hydrogens is 340 g/mol. The van der Waals surface area contributed by atoms with Gasteiger partial charge in [0.05, 0.1) is 5.75 Å². The number of ketones is 1. The molecule has 0 saturated heterocycles. The minimum atomic E-state index is 0. The summed E-state index contributed by atoms with van der Waals surface area (Å²) in [5, 5.41) is 8.59. The van der Waals surface area contributed by atoms with Gasteiger partial charge in [0, 0.05) is 12.0 Å². The number of nitrogens with two attached hydrogens (primary N) is 1. The number of hydrogen-bond acceptors (Lipinski definition) is 5. The molecule has 20 heavy (non-hydrogen) atoms. The van der Waals surface area contributed by atoms with E-state index in [1.165, 1.54) is 16.4 Å². The monoisotopic (exact) mass is 356 g/mol. The number of aryl methyl sites for hydroxylation is 1. The number of nitrogens with zero attached hydrogens (tertiary/aromatic N) is 3. The van der Waals surface area contributed by atoms with E-state index in [4.69, 9.17) is 5.84 Å². The van der Waals surface area contributed by atoms with Crippen molar-refractivity contribution in [3.05, 3.63) is 41.7 Å². The highest BCUT2D eigenvalue weighted by atomic mass is 79.9. The van der Waals surface area contributed by atoms with Crippen LogP contribution in [0.2, 0.25) is 0 Å². The van der Waals surface area contributed by atoms with Gasteiger partial charge in [-0.05, 0) is 6.42 Å². The van der Waals surface area contributed by atoms with Crippen LogP contribution in [-0.2, 0) is 6.42 Å². The summed E-state index contributed by atoms with van der Waals surface area (Å²) in [4.78, 5) is 11.9. The molecule has 7 heteroatoms. The first-order chi connectivity index (χ1) is 9.22. The Hall–Kier alpha value is -1.34. The highest BCUT2D eigenvalue weighted by Crippen LogP contribution is 2.17. The Balaban J connectivity index is 0.00000200. The van der Waals surface area contributed by atoms with E-state index in [0.717, 1.165) is 18.7 Å². The molecule has 108 valence electrons. The van der Waals surface area contributed by atoms with Crippen molar-refractivity contribution in [2.45, 2.75) is 24.9 Å². The first kappa shape index (κ1) is 16.7. The summed E-state index contributed by atoms with van der Waals surface area (Å²) in [6.07, 6.45) is 1.75. The van der Waals surface area contributed by atoms with Crippen LogP contribution in [0, 0.1) is 0 Å². The Morgan fingerprint density at radius 3 is 2.65 bits per heavy atom. The van der Waals surface area contributed by atoms with Gasteiger partial charge in [0.15, 0.2) is 11.6 Å². The number of carbonyl (C=O) groups is 1. The van der Waals surface area contributed by atoms with E-state index in [0.29, 0.717) is 16.5 Å². The second-order valence-corrected chi connectivity index (χ2v) is 5.04. The smallest absolute Gasteiger partial charge is 0.210 e. The maximum atomic E-state index is 11.9. The van der Waals surface area contributed by atoms with E-state index in [-0.39, 0.29) is 22.8 Å². The predicted octanol–water partition coefficient (Wildman–Crippen LogP) is 2.50. The van der Waals surface area contributed by atoms with Crippen LogP contribution in [0.3, 0.4) is 0 Å². The molecule has 0 saturated carbocycles. The van der Waals surface area contributed by atoms with Crippen LogP contribution >= 0.6 is 28.7 Å². The fraction of sp³-hybridized carbons (Fsp3) is 0.308. The zero-order valence-electron chi connectivity index (χ0n) is 11.2. The SMILES string of the molecule is Br.CCCc1nnc(SCC(=O)c2ccccc2)n1N. The topological polar surface area (TPSA) is 73.8 Å². The number of halogens is 1. The lowest BCUT2D eigenvalue weighted by molar-refractivity contribution is 0.102. The van der Waals surface area contributed by atoms with Crippen molar-refractivity contribution >= 4 is 34.5 Å². The lowest BCUT2D eigenvalue weighted by Crippen LogP contribution is -2.14. The Morgan fingerprint density at radius 1 is 1.30 bits per heavy atom. The van der Waals surface area contributed by atoms with Crippen LogP contribution < -0.4 is 5.84 Å². The number of carbonyl (C=O) groups excluding carboxylic acids is 1. The summed E-state index contributed by atoms with van der Waals surface area (Å²) in [6, 6.07) is 9.19. The molecule has 0 aliphatic rings. The van der Waals surface area contributed by atoms with Gasteiger partial charge in [0.2, 0.25) is 5.16 Å². The standard InChI is InChI=1S/C13H16N4OS.BrH/c1-2-6-12-15-16-13(17(12)14)19-9-11(18)10-7-4-3-5-8-10;/h3-5,7-8H,2,6,9,14H2,1H3;1H. The molecule has 0 amide bonds. The number of benzene rings is 1. The van der Waals surface area contributed by atoms with Crippen molar-refractivity contribution in [3.8, 4) is 0 Å². The van der Waals surface area contributed by atoms with Crippen LogP contribution in [0.5, 0.6) is 0 Å². The molecule has 0 unspecified atom stereocenters. The third-order valence-electron chi connectivity index (χ3n) is 2.64. The number of rotatable bonds is 6. The molecule has 0 aliphatic carbocycles. The Kier molecular flexibility index (Phi) is 6.74. The van der Waals surface area contributed by atoms with E-state index in [9.17, 15) is 4.79 Å². The van der Waals surface area contributed by atoms with Gasteiger partial charge in [-0.2, -0.15) is 0 Å². The van der Waals surface area contributed by atoms with Gasteiger partial charge in [0.1, 0.15) is 0 Å². The number of aromatic nitrogens is 3. The minimum Gasteiger partial charge on any atom is -0.336 e. The lowest BCUT2D eigenvalue weighted by atomic mass is 10.2. The molecule has 0 atom stereocenters. The van der Waals surface area contributed by atoms with E-state index in [1.807, 2.05) is 18.2 Å². The maximum absolute atomic E-state index is 11.9. The molecule has 0 spiro atoms. The van der Waals surface area contributed by atoms with E-state index in [1.54, 1.807) is 12.1 Å². The third kappa shape index (κ3) is 4.08. The largest absolute Gasteiger partial charge is 0.336 e. The second-order valence-electron chi connectivity index (χ2n) is 4.10. The molecule has 0 fully saturated rings. The summed E-state index contributed by atoms with van der Waals surface area (Å²) < 4.78 is 1.46. The van der Waals surface area contributed by atoms with Gasteiger partial charge in [-0.1, -0.05) is 49.0 Å². The van der Waals surface area contributed by atoms with Gasteiger partial charge in [-0.15, -0.1) is 27.2 Å². The maximum Gasteiger partial charge on any atom is 0.210 e. The Bertz CT molecular complexity index is 559. The lowest BCUT2D eigenvalue weighted by Gasteiger charge is -2.02. The van der Waals surface area contributed by atoms with Crippen LogP contribution in [0.15, 0.2) is 35.5 Å². The first-order valence-electron chi connectivity index (χ1n) is 6.12. The van der Waals surface area contributed by atoms with E-state index < -0.39 is 0 Å². The Labute approximate surface area is 132 Å². The fourth-order valence-electron chi connectivity index (χ4n) is 1.64. The van der Waals surface area contributed by atoms with Crippen molar-refractivity contribution in [1.29, 1.82) is 0 Å². The number of nitrogen functional groups attached to an aromatic ring is 1. The van der Waals surface area contributed by atoms with E-state index >= 15 is 0 Å². The zero-order valence-corrected chi connectivity index (χ0v) is 13.7. The summed E-state index contributed by atoms with van der Waals surface area (Å²) in [5.74, 6) is 6.99. The zero-order chi connectivity index (χ0) is 13.7. The molecule has 0 radical (unpaired) electrons. The van der Waals surface area contributed by atoms with Gasteiger partial charge < -0.3 is 5.84 Å². The number of hydrogen-bond donors (Lipinski definition) is 1. The average molecular weight is 357 g/mol. The summed E-state index contributed by atoms with van der Waals surface area (Å²) >= 11 is 1.31. The number of Topliss-reactive ketones (excluding diaryl/α,β-unsaturated/α-hetero) is 1. The van der Waals surface area contributed by atoms with Crippen molar-refractivity contribution < 1.29 is 4.79 Å². The normalized spacial score (nSPS) is 10.1. The van der Waals surface area contributed by atoms with Crippen molar-refractivity contribution in [2.75, 3.05) is 11.6 Å². The highest BCUT2D eigenvalue weighted by Gasteiger charge is 2.12. The van der Waals surface area contributed by atoms with Gasteiger partial charge in [0.25, 0.3) is 0 Å². The quantitative estimate of drug-likeness (QED) is 0.489. The molecule has 1 aromatic heterocycles. The van der Waals surface area contributed by atoms with Crippen LogP contribution in [-0.4, -0.2) is 26.4 Å². The second kappa shape index (κ2) is 8.06. The first-order valence-corrected chi connectivity index (χ1v) is 7.11. The molecule has 1 heterocycles. The average Bonchev–Trinajstić information content (AvgIpc) is 2.79. The molecule has 0 bridgehead atoms. The van der Waals surface area contributed by atoms with Gasteiger partial charge >= 0.3 is 0 Å². The van der Waals surface area contributed by atoms with E-state index in [2.05, 4.69) is 17.1 Å². The van der Waals surface area contributed by atoms with Crippen molar-refractivity contribution in [2.24, 2.45) is 0 Å². The summed E-state index contributed by atoms with van der Waals surface area (Å²) in [5.41, 5.74) is 0.701. The summed E-state index contributed by atoms with van der Waals surface area (Å²) in [7, 11) is 0. The van der Waals surface area contributed by atoms with Crippen LogP contribution in [0.4, 0.5) is 0 Å². The highest BCUT2D eigenvalue weighted by molar-refractivity contribution is 8.93. The molecule has 0 aliphatic heterocycles. The molecule has 5 nitrogen and oxygen atoms in total. The molecule has 2 rings (SSSR count). The fourth-order valence-corrected chi connectivity index (χ4v) is 2.41. The van der Waals surface area contributed by atoms with Crippen molar-refractivity contribution in [1.82, 2.24) is 14.9 Å². The Morgan fingerprint density at radius 2 is 2.00 bits per heavy atom. The van der Waals surface area contributed by atoms with Gasteiger partial charge in [-0.25, -0.2) is 4.68 Å². The van der Waals surface area contributed by atoms with Crippen LogP contribution in [0.1, 0.15) is 29.5 Å². The summed E-state index contributed by atoms with van der Waals surface area (Å²) in [6.45, 7) is 2.06. The van der Waals surface area contributed by atoms with Crippen molar-refractivity contribution in [3.63, 3.8) is 0 Å². The molecular formula is C13H17BrN4OS. The molecule has 2 N–H and O–H groups in total. The third-order valence-corrected chi connectivity index (χ3v) is 3.58. The molecule has 1 aromatic carbocycles. The predicted molar refractivity (Wildman–Crippen MR) is 86.0 cm³/mol. The van der Waals surface area contributed by atoms with Crippen LogP contribution in [0.25, 0.3) is 0 Å². The minimum absolute atomic E-state index is 0. The molecule has 2 aromatic rings.